The maximum Gasteiger partial charge on any atom is 0.168 e. The third-order valence-corrected chi connectivity index (χ3v) is 1.59. The molecular formula is C9H8N2O2. The Morgan fingerprint density at radius 2 is 2.54 bits per heavy atom. The van der Waals surface area contributed by atoms with Crippen LogP contribution in [-0.4, -0.2) is 10.3 Å². The van der Waals surface area contributed by atoms with E-state index in [9.17, 15) is 5.11 Å². The molecule has 13 heavy (non-hydrogen) atoms. The van der Waals surface area contributed by atoms with E-state index in [0.717, 1.165) is 0 Å². The molecule has 0 bridgehead atoms. The second-order valence-electron chi connectivity index (χ2n) is 2.73. The molecule has 66 valence electrons. The van der Waals surface area contributed by atoms with Gasteiger partial charge in [0.25, 0.3) is 0 Å². The zero-order chi connectivity index (χ0) is 9.90. The summed E-state index contributed by atoms with van der Waals surface area (Å²) in [5, 5.41) is 21.4. The predicted molar refractivity (Wildman–Crippen MR) is 44.2 cm³/mol. The molecule has 0 aromatic carbocycles. The third kappa shape index (κ3) is 1.87. The molecule has 1 atom stereocenters. The molecule has 0 radical (unpaired) electrons. The van der Waals surface area contributed by atoms with Gasteiger partial charge >= 0.3 is 0 Å². The highest BCUT2D eigenvalue weighted by molar-refractivity contribution is 5.23. The summed E-state index contributed by atoms with van der Waals surface area (Å²) in [4.78, 5) is 0. The fraction of sp³-hybridized carbons (Fsp3) is 0.333. The molecule has 0 saturated carbocycles. The van der Waals surface area contributed by atoms with Crippen LogP contribution in [0.2, 0.25) is 0 Å². The lowest BCUT2D eigenvalue weighted by molar-refractivity contribution is 0.113. The summed E-state index contributed by atoms with van der Waals surface area (Å²) < 4.78 is 4.77. The number of hydrogen-bond donors (Lipinski definition) is 1. The summed E-state index contributed by atoms with van der Waals surface area (Å²) in [6.07, 6.45) is 5.19. The van der Waals surface area contributed by atoms with Gasteiger partial charge in [-0.1, -0.05) is 11.1 Å². The van der Waals surface area contributed by atoms with Gasteiger partial charge in [0.05, 0.1) is 12.5 Å². The van der Waals surface area contributed by atoms with E-state index in [0.29, 0.717) is 5.76 Å². The van der Waals surface area contributed by atoms with Gasteiger partial charge in [-0.2, -0.15) is 5.26 Å². The van der Waals surface area contributed by atoms with E-state index >= 15 is 0 Å². The first-order chi connectivity index (χ1) is 6.10. The van der Waals surface area contributed by atoms with Crippen LogP contribution in [0.1, 0.15) is 18.4 Å². The van der Waals surface area contributed by atoms with Gasteiger partial charge in [-0.25, -0.2) is 0 Å². The van der Waals surface area contributed by atoms with Crippen molar-refractivity contribution in [3.63, 3.8) is 0 Å². The molecule has 0 spiro atoms. The maximum atomic E-state index is 9.53. The zero-order valence-electron chi connectivity index (χ0n) is 7.11. The molecule has 0 aliphatic heterocycles. The molecule has 1 N–H and O–H groups in total. The molecular weight excluding hydrogens is 168 g/mol. The molecule has 0 saturated heterocycles. The standard InChI is InChI=1S/C9H8N2O2/c1-3-9(2,12)8-6-7(4-5-10)13-11-8/h1,6,12H,4H2,2H3/t9-/m1/s1. The summed E-state index contributed by atoms with van der Waals surface area (Å²) in [6, 6.07) is 3.38. The Morgan fingerprint density at radius 3 is 3.08 bits per heavy atom. The first kappa shape index (κ1) is 9.31. The highest BCUT2D eigenvalue weighted by atomic mass is 16.5. The van der Waals surface area contributed by atoms with Crippen molar-refractivity contribution in [3.05, 3.63) is 17.5 Å². The summed E-state index contributed by atoms with van der Waals surface area (Å²) in [7, 11) is 0. The van der Waals surface area contributed by atoms with Gasteiger partial charge < -0.3 is 9.63 Å². The predicted octanol–water partition coefficient (Wildman–Crippen LogP) is 0.581. The van der Waals surface area contributed by atoms with Crippen molar-refractivity contribution in [1.29, 1.82) is 5.26 Å². The quantitative estimate of drug-likeness (QED) is 0.669. The van der Waals surface area contributed by atoms with E-state index in [4.69, 9.17) is 16.2 Å². The van der Waals surface area contributed by atoms with Crippen LogP contribution in [0.3, 0.4) is 0 Å². The van der Waals surface area contributed by atoms with Crippen molar-refractivity contribution in [1.82, 2.24) is 5.16 Å². The van der Waals surface area contributed by atoms with E-state index in [1.807, 2.05) is 6.07 Å². The molecule has 1 aromatic rings. The number of nitriles is 1. The molecule has 1 rings (SSSR count). The molecule has 0 aliphatic carbocycles. The highest BCUT2D eigenvalue weighted by Crippen LogP contribution is 2.18. The Balaban J connectivity index is 2.95. The zero-order valence-corrected chi connectivity index (χ0v) is 7.11. The minimum absolute atomic E-state index is 0.119. The van der Waals surface area contributed by atoms with Crippen LogP contribution in [0.4, 0.5) is 0 Å². The molecule has 0 amide bonds. The monoisotopic (exact) mass is 176 g/mol. The number of rotatable bonds is 2. The van der Waals surface area contributed by atoms with Gasteiger partial charge in [-0.05, 0) is 6.92 Å². The Hall–Kier alpha value is -1.78. The first-order valence-electron chi connectivity index (χ1n) is 3.63. The third-order valence-electron chi connectivity index (χ3n) is 1.59. The van der Waals surface area contributed by atoms with Crippen LogP contribution in [0.5, 0.6) is 0 Å². The topological polar surface area (TPSA) is 70.0 Å². The number of terminal acetylenes is 1. The first-order valence-corrected chi connectivity index (χ1v) is 3.63. The Kier molecular flexibility index (Phi) is 2.36. The molecule has 4 heteroatoms. The van der Waals surface area contributed by atoms with Gasteiger partial charge in [-0.3, -0.25) is 0 Å². The lowest BCUT2D eigenvalue weighted by Gasteiger charge is -2.10. The van der Waals surface area contributed by atoms with Gasteiger partial charge in [0.15, 0.2) is 11.4 Å². The average Bonchev–Trinajstić information content (AvgIpc) is 2.54. The van der Waals surface area contributed by atoms with Crippen LogP contribution >= 0.6 is 0 Å². The van der Waals surface area contributed by atoms with Crippen molar-refractivity contribution < 1.29 is 9.63 Å². The van der Waals surface area contributed by atoms with E-state index in [1.54, 1.807) is 0 Å². The minimum atomic E-state index is -1.43. The second-order valence-corrected chi connectivity index (χ2v) is 2.73. The molecule has 1 heterocycles. The number of nitrogens with zero attached hydrogens (tertiary/aromatic N) is 2. The van der Waals surface area contributed by atoms with Crippen molar-refractivity contribution in [2.24, 2.45) is 0 Å². The Morgan fingerprint density at radius 1 is 1.85 bits per heavy atom. The van der Waals surface area contributed by atoms with E-state index in [2.05, 4.69) is 11.1 Å². The van der Waals surface area contributed by atoms with Crippen LogP contribution in [0.25, 0.3) is 0 Å². The van der Waals surface area contributed by atoms with Gasteiger partial charge in [0.2, 0.25) is 0 Å². The Labute approximate surface area is 75.8 Å². The van der Waals surface area contributed by atoms with Crippen molar-refractivity contribution in [3.8, 4) is 18.4 Å². The second kappa shape index (κ2) is 3.30. The number of hydrogen-bond acceptors (Lipinski definition) is 4. The molecule has 0 aliphatic rings. The van der Waals surface area contributed by atoms with Crippen molar-refractivity contribution in [2.75, 3.05) is 0 Å². The lowest BCUT2D eigenvalue weighted by atomic mass is 10.0. The average molecular weight is 176 g/mol. The number of aromatic nitrogens is 1. The molecule has 0 fully saturated rings. The Bertz CT molecular complexity index is 379. The van der Waals surface area contributed by atoms with Crippen molar-refractivity contribution in [2.45, 2.75) is 18.9 Å². The van der Waals surface area contributed by atoms with Crippen LogP contribution in [0, 0.1) is 23.7 Å². The van der Waals surface area contributed by atoms with Crippen molar-refractivity contribution >= 4 is 0 Å². The molecule has 1 aromatic heterocycles. The summed E-state index contributed by atoms with van der Waals surface area (Å²) in [6.45, 7) is 1.43. The summed E-state index contributed by atoms with van der Waals surface area (Å²) >= 11 is 0. The van der Waals surface area contributed by atoms with Crippen LogP contribution in [0.15, 0.2) is 10.6 Å². The normalized spacial score (nSPS) is 14.2. The van der Waals surface area contributed by atoms with E-state index < -0.39 is 5.60 Å². The SMILES string of the molecule is C#C[C@@](C)(O)c1cc(CC#N)on1. The van der Waals surface area contributed by atoms with E-state index in [1.165, 1.54) is 13.0 Å². The minimum Gasteiger partial charge on any atom is -0.372 e. The lowest BCUT2D eigenvalue weighted by Crippen LogP contribution is -2.18. The molecule has 0 unspecified atom stereocenters. The summed E-state index contributed by atoms with van der Waals surface area (Å²) in [5.74, 6) is 2.56. The number of aliphatic hydroxyl groups is 1. The summed E-state index contributed by atoms with van der Waals surface area (Å²) in [5.41, 5.74) is -1.18. The largest absolute Gasteiger partial charge is 0.372 e. The van der Waals surface area contributed by atoms with Gasteiger partial charge in [0, 0.05) is 6.07 Å². The van der Waals surface area contributed by atoms with Crippen LogP contribution in [-0.2, 0) is 12.0 Å². The highest BCUT2D eigenvalue weighted by Gasteiger charge is 2.24. The van der Waals surface area contributed by atoms with Gasteiger partial charge in [-0.15, -0.1) is 6.42 Å². The smallest absolute Gasteiger partial charge is 0.168 e. The fourth-order valence-corrected chi connectivity index (χ4v) is 0.778. The molecule has 4 nitrogen and oxygen atoms in total. The van der Waals surface area contributed by atoms with E-state index in [-0.39, 0.29) is 12.1 Å². The maximum absolute atomic E-state index is 9.53. The van der Waals surface area contributed by atoms with Gasteiger partial charge in [0.1, 0.15) is 5.69 Å². The fourth-order valence-electron chi connectivity index (χ4n) is 0.778. The van der Waals surface area contributed by atoms with Crippen LogP contribution < -0.4 is 0 Å².